The Morgan fingerprint density at radius 1 is 1.38 bits per heavy atom. The van der Waals surface area contributed by atoms with Crippen LogP contribution in [0.2, 0.25) is 0 Å². The molecular formula is C17H22NO2P. The molecule has 1 saturated heterocycles. The van der Waals surface area contributed by atoms with Gasteiger partial charge in [0.25, 0.3) is 0 Å². The second-order valence-electron chi connectivity index (χ2n) is 5.49. The van der Waals surface area contributed by atoms with Crippen molar-refractivity contribution in [2.45, 2.75) is 32.9 Å². The van der Waals surface area contributed by atoms with Gasteiger partial charge in [-0.25, -0.2) is 4.67 Å². The number of hydrogen-bond donors (Lipinski definition) is 0. The standard InChI is InChI=1S/C17H22NO2P/c1-6-16(12-13(2)3)21(19)18(5)14(4)17(20-21)15-10-8-7-9-11-15/h6-11,14,17H,1H2,2-5H3. The largest absolute Gasteiger partial charge is 0.310 e. The molecule has 0 N–H and O–H groups in total. The fourth-order valence-electron chi connectivity index (χ4n) is 2.45. The topological polar surface area (TPSA) is 29.5 Å². The summed E-state index contributed by atoms with van der Waals surface area (Å²) < 4.78 is 21.2. The summed E-state index contributed by atoms with van der Waals surface area (Å²) in [6, 6.07) is 9.92. The molecule has 0 saturated carbocycles. The second-order valence-corrected chi connectivity index (χ2v) is 7.85. The summed E-state index contributed by atoms with van der Waals surface area (Å²) in [5.41, 5.74) is 5.11. The van der Waals surface area contributed by atoms with Crippen molar-refractivity contribution in [1.29, 1.82) is 0 Å². The van der Waals surface area contributed by atoms with Gasteiger partial charge in [-0.3, -0.25) is 4.57 Å². The number of hydrogen-bond acceptors (Lipinski definition) is 2. The minimum atomic E-state index is -3.10. The Labute approximate surface area is 127 Å². The highest BCUT2D eigenvalue weighted by Crippen LogP contribution is 2.67. The van der Waals surface area contributed by atoms with E-state index >= 15 is 0 Å². The Hall–Kier alpha value is -1.37. The van der Waals surface area contributed by atoms with E-state index in [4.69, 9.17) is 4.52 Å². The Morgan fingerprint density at radius 3 is 2.52 bits per heavy atom. The van der Waals surface area contributed by atoms with Crippen molar-refractivity contribution in [2.75, 3.05) is 7.05 Å². The van der Waals surface area contributed by atoms with E-state index in [1.807, 2.05) is 62.8 Å². The molecule has 0 bridgehead atoms. The number of likely N-dealkylation sites (N-methyl/N-ethyl adjacent to an activating group) is 1. The van der Waals surface area contributed by atoms with Crippen LogP contribution in [-0.4, -0.2) is 17.8 Å². The predicted molar refractivity (Wildman–Crippen MR) is 87.2 cm³/mol. The first kappa shape index (κ1) is 16.0. The normalized spacial score (nSPS) is 29.0. The van der Waals surface area contributed by atoms with Crippen LogP contribution < -0.4 is 0 Å². The van der Waals surface area contributed by atoms with E-state index in [9.17, 15) is 4.57 Å². The quantitative estimate of drug-likeness (QED) is 0.451. The molecular weight excluding hydrogens is 281 g/mol. The van der Waals surface area contributed by atoms with Crippen molar-refractivity contribution in [2.24, 2.45) is 0 Å². The van der Waals surface area contributed by atoms with Gasteiger partial charge >= 0.3 is 7.52 Å². The molecule has 1 aromatic carbocycles. The van der Waals surface area contributed by atoms with Crippen molar-refractivity contribution in [3.63, 3.8) is 0 Å². The van der Waals surface area contributed by atoms with Gasteiger partial charge in [0, 0.05) is 6.04 Å². The van der Waals surface area contributed by atoms with Crippen LogP contribution in [0.3, 0.4) is 0 Å². The van der Waals surface area contributed by atoms with Gasteiger partial charge < -0.3 is 4.52 Å². The lowest BCUT2D eigenvalue weighted by Gasteiger charge is -2.20. The number of nitrogens with zero attached hydrogens (tertiary/aromatic N) is 1. The molecule has 0 radical (unpaired) electrons. The van der Waals surface area contributed by atoms with Crippen LogP contribution >= 0.6 is 7.52 Å². The average Bonchev–Trinajstić information content (AvgIpc) is 2.71. The Bertz CT molecular complexity index is 640. The molecule has 1 aliphatic heterocycles. The van der Waals surface area contributed by atoms with Crippen molar-refractivity contribution in [1.82, 2.24) is 4.67 Å². The maximum Gasteiger partial charge on any atom is 0.310 e. The van der Waals surface area contributed by atoms with Crippen molar-refractivity contribution < 1.29 is 9.09 Å². The van der Waals surface area contributed by atoms with Crippen LogP contribution in [0.5, 0.6) is 0 Å². The molecule has 1 aromatic rings. The minimum absolute atomic E-state index is 0.0205. The molecule has 3 atom stereocenters. The van der Waals surface area contributed by atoms with Gasteiger partial charge in [0.15, 0.2) is 0 Å². The summed E-state index contributed by atoms with van der Waals surface area (Å²) in [5.74, 6) is 0. The van der Waals surface area contributed by atoms with Crippen LogP contribution in [0.1, 0.15) is 32.4 Å². The van der Waals surface area contributed by atoms with Gasteiger partial charge in [-0.05, 0) is 45.0 Å². The molecule has 0 spiro atoms. The maximum absolute atomic E-state index is 13.3. The highest BCUT2D eigenvalue weighted by atomic mass is 31.2. The Kier molecular flexibility index (Phi) is 4.70. The van der Waals surface area contributed by atoms with Gasteiger partial charge in [-0.2, -0.15) is 0 Å². The number of rotatable bonds is 3. The lowest BCUT2D eigenvalue weighted by atomic mass is 10.0. The molecule has 1 fully saturated rings. The van der Waals surface area contributed by atoms with E-state index in [0.717, 1.165) is 11.1 Å². The monoisotopic (exact) mass is 303 g/mol. The molecule has 1 aliphatic rings. The van der Waals surface area contributed by atoms with Gasteiger partial charge in [0.1, 0.15) is 6.10 Å². The SMILES string of the molecule is C=CC(=C=C(C)C)P1(=O)OC(c2ccccc2)C(C)N1C. The van der Waals surface area contributed by atoms with Gasteiger partial charge in [0.2, 0.25) is 0 Å². The van der Waals surface area contributed by atoms with E-state index in [0.29, 0.717) is 5.31 Å². The zero-order valence-corrected chi connectivity index (χ0v) is 13.9. The van der Waals surface area contributed by atoms with Crippen LogP contribution in [0.15, 0.2) is 59.6 Å². The Morgan fingerprint density at radius 2 is 2.00 bits per heavy atom. The molecule has 1 heterocycles. The van der Waals surface area contributed by atoms with Gasteiger partial charge in [0.05, 0.1) is 5.31 Å². The van der Waals surface area contributed by atoms with Crippen molar-refractivity contribution >= 4 is 7.52 Å². The van der Waals surface area contributed by atoms with E-state index in [2.05, 4.69) is 12.3 Å². The van der Waals surface area contributed by atoms with E-state index < -0.39 is 7.52 Å². The van der Waals surface area contributed by atoms with E-state index in [-0.39, 0.29) is 12.1 Å². The zero-order valence-electron chi connectivity index (χ0n) is 13.0. The smallest absolute Gasteiger partial charge is 0.304 e. The third-order valence-electron chi connectivity index (χ3n) is 3.70. The zero-order chi connectivity index (χ0) is 15.6. The van der Waals surface area contributed by atoms with Crippen molar-refractivity contribution in [3.8, 4) is 0 Å². The molecule has 0 aromatic heterocycles. The lowest BCUT2D eigenvalue weighted by molar-refractivity contribution is 0.211. The maximum atomic E-state index is 13.3. The molecule has 0 aliphatic carbocycles. The first-order valence-corrected chi connectivity index (χ1v) is 8.61. The first-order valence-electron chi connectivity index (χ1n) is 7.04. The van der Waals surface area contributed by atoms with Gasteiger partial charge in [-0.1, -0.05) is 36.9 Å². The van der Waals surface area contributed by atoms with Crippen LogP contribution in [-0.2, 0) is 9.09 Å². The van der Waals surface area contributed by atoms with E-state index in [1.54, 1.807) is 6.08 Å². The minimum Gasteiger partial charge on any atom is -0.304 e. The predicted octanol–water partition coefficient (Wildman–Crippen LogP) is 4.91. The summed E-state index contributed by atoms with van der Waals surface area (Å²) >= 11 is 0. The first-order chi connectivity index (χ1) is 9.90. The average molecular weight is 303 g/mol. The summed E-state index contributed by atoms with van der Waals surface area (Å²) in [7, 11) is -1.26. The van der Waals surface area contributed by atoms with Gasteiger partial charge in [-0.15, -0.1) is 5.73 Å². The lowest BCUT2D eigenvalue weighted by Crippen LogP contribution is -2.23. The summed E-state index contributed by atoms with van der Waals surface area (Å²) in [5, 5.41) is 0.537. The fraction of sp³-hybridized carbons (Fsp3) is 0.353. The fourth-order valence-corrected chi connectivity index (χ4v) is 4.86. The number of allylic oxidation sites excluding steroid dienone is 2. The molecule has 4 heteroatoms. The highest BCUT2D eigenvalue weighted by molar-refractivity contribution is 7.61. The van der Waals surface area contributed by atoms with Crippen LogP contribution in [0, 0.1) is 0 Å². The second kappa shape index (κ2) is 6.17. The molecule has 0 amide bonds. The summed E-state index contributed by atoms with van der Waals surface area (Å²) in [4.78, 5) is 0. The summed E-state index contributed by atoms with van der Waals surface area (Å²) in [6.07, 6.45) is 1.38. The number of benzene rings is 1. The molecule has 21 heavy (non-hydrogen) atoms. The Balaban J connectivity index is 2.47. The van der Waals surface area contributed by atoms with Crippen LogP contribution in [0.25, 0.3) is 0 Å². The molecule has 112 valence electrons. The third kappa shape index (κ3) is 2.97. The van der Waals surface area contributed by atoms with E-state index in [1.165, 1.54) is 0 Å². The van der Waals surface area contributed by atoms with Crippen LogP contribution in [0.4, 0.5) is 0 Å². The summed E-state index contributed by atoms with van der Waals surface area (Å²) in [6.45, 7) is 9.64. The van der Waals surface area contributed by atoms with Crippen molar-refractivity contribution in [3.05, 3.63) is 65.2 Å². The molecule has 3 nitrogen and oxygen atoms in total. The third-order valence-corrected chi connectivity index (χ3v) is 6.31. The molecule has 3 unspecified atom stereocenters. The highest BCUT2D eigenvalue weighted by Gasteiger charge is 2.48. The molecule has 2 rings (SSSR count).